The fraction of sp³-hybridized carbons (Fsp3) is 0.238. The molecule has 2 amide bonds. The molecular weight excluding hydrogens is 410 g/mol. The predicted molar refractivity (Wildman–Crippen MR) is 117 cm³/mol. The van der Waals surface area contributed by atoms with E-state index in [1.807, 2.05) is 6.92 Å². The van der Waals surface area contributed by atoms with Crippen molar-refractivity contribution in [3.05, 3.63) is 63.2 Å². The Kier molecular flexibility index (Phi) is 8.37. The van der Waals surface area contributed by atoms with Gasteiger partial charge in [0.15, 0.2) is 0 Å². The number of nitrogens with one attached hydrogen (secondary N) is 2. The topological polar surface area (TPSA) is 111 Å². The van der Waals surface area contributed by atoms with Crippen molar-refractivity contribution in [2.24, 2.45) is 0 Å². The SMILES string of the molecule is CCCCC(=O)Nc1ccc(NC(=O)/C=C/c2ccc(Cl)c([N+](=O)[O-])c2)cc1OC. The molecule has 0 aliphatic carbocycles. The lowest BCUT2D eigenvalue weighted by Crippen LogP contribution is -2.12. The molecule has 0 heterocycles. The second-order valence-electron chi connectivity index (χ2n) is 6.36. The van der Waals surface area contributed by atoms with Crippen molar-refractivity contribution in [2.75, 3.05) is 17.7 Å². The van der Waals surface area contributed by atoms with Gasteiger partial charge in [0.25, 0.3) is 5.69 Å². The van der Waals surface area contributed by atoms with Crippen molar-refractivity contribution in [1.29, 1.82) is 0 Å². The Bertz CT molecular complexity index is 975. The average Bonchev–Trinajstić information content (AvgIpc) is 2.72. The number of unbranched alkanes of at least 4 members (excludes halogenated alkanes) is 1. The molecule has 0 aliphatic heterocycles. The molecule has 0 fully saturated rings. The third kappa shape index (κ3) is 6.59. The third-order valence-corrected chi connectivity index (χ3v) is 4.41. The molecule has 158 valence electrons. The first-order valence-electron chi connectivity index (χ1n) is 9.25. The molecule has 2 aromatic carbocycles. The zero-order chi connectivity index (χ0) is 22.1. The summed E-state index contributed by atoms with van der Waals surface area (Å²) in [4.78, 5) is 34.4. The molecule has 0 saturated heterocycles. The van der Waals surface area contributed by atoms with E-state index in [0.717, 1.165) is 12.8 Å². The van der Waals surface area contributed by atoms with Crippen LogP contribution in [0.3, 0.4) is 0 Å². The number of carbonyl (C=O) groups is 2. The van der Waals surface area contributed by atoms with Gasteiger partial charge < -0.3 is 15.4 Å². The Morgan fingerprint density at radius 2 is 1.97 bits per heavy atom. The number of rotatable bonds is 9. The first-order valence-corrected chi connectivity index (χ1v) is 9.62. The summed E-state index contributed by atoms with van der Waals surface area (Å²) in [6.07, 6.45) is 4.84. The molecule has 2 N–H and O–H groups in total. The van der Waals surface area contributed by atoms with Crippen LogP contribution in [0.2, 0.25) is 5.02 Å². The van der Waals surface area contributed by atoms with E-state index in [-0.39, 0.29) is 16.6 Å². The van der Waals surface area contributed by atoms with Gasteiger partial charge in [0.1, 0.15) is 10.8 Å². The van der Waals surface area contributed by atoms with Crippen molar-refractivity contribution in [3.8, 4) is 5.75 Å². The minimum Gasteiger partial charge on any atom is -0.494 e. The standard InChI is InChI=1S/C21H22ClN3O5/c1-3-4-5-20(26)24-17-10-8-15(13-19(17)30-2)23-21(27)11-7-14-6-9-16(22)18(12-14)25(28)29/h6-13H,3-5H2,1-2H3,(H,23,27)(H,24,26)/b11-7+. The van der Waals surface area contributed by atoms with Gasteiger partial charge in [-0.3, -0.25) is 19.7 Å². The molecule has 0 spiro atoms. The van der Waals surface area contributed by atoms with Crippen LogP contribution >= 0.6 is 11.6 Å². The molecule has 30 heavy (non-hydrogen) atoms. The Labute approximate surface area is 179 Å². The van der Waals surface area contributed by atoms with Gasteiger partial charge in [0.2, 0.25) is 11.8 Å². The first kappa shape index (κ1) is 22.9. The lowest BCUT2D eigenvalue weighted by Gasteiger charge is -2.12. The molecule has 0 saturated carbocycles. The number of benzene rings is 2. The lowest BCUT2D eigenvalue weighted by atomic mass is 10.2. The van der Waals surface area contributed by atoms with Crippen LogP contribution in [0.15, 0.2) is 42.5 Å². The van der Waals surface area contributed by atoms with E-state index in [2.05, 4.69) is 10.6 Å². The van der Waals surface area contributed by atoms with Crippen LogP contribution < -0.4 is 15.4 Å². The smallest absolute Gasteiger partial charge is 0.288 e. The largest absolute Gasteiger partial charge is 0.494 e. The number of hydrogen-bond acceptors (Lipinski definition) is 5. The highest BCUT2D eigenvalue weighted by Gasteiger charge is 2.12. The van der Waals surface area contributed by atoms with Crippen LogP contribution in [-0.4, -0.2) is 23.8 Å². The fourth-order valence-electron chi connectivity index (χ4n) is 2.55. The summed E-state index contributed by atoms with van der Waals surface area (Å²) in [5.41, 5.74) is 1.21. The number of nitro benzene ring substituents is 1. The monoisotopic (exact) mass is 431 g/mol. The first-order chi connectivity index (χ1) is 14.3. The zero-order valence-electron chi connectivity index (χ0n) is 16.6. The van der Waals surface area contributed by atoms with Crippen LogP contribution in [0.4, 0.5) is 17.1 Å². The summed E-state index contributed by atoms with van der Waals surface area (Å²) >= 11 is 5.78. The van der Waals surface area contributed by atoms with Crippen molar-refractivity contribution in [1.82, 2.24) is 0 Å². The summed E-state index contributed by atoms with van der Waals surface area (Å²) in [5.74, 6) is -0.128. The van der Waals surface area contributed by atoms with E-state index in [9.17, 15) is 19.7 Å². The molecule has 8 nitrogen and oxygen atoms in total. The van der Waals surface area contributed by atoms with Gasteiger partial charge in [-0.1, -0.05) is 31.0 Å². The van der Waals surface area contributed by atoms with Crippen LogP contribution in [0.5, 0.6) is 5.75 Å². The van der Waals surface area contributed by atoms with Crippen LogP contribution in [0.1, 0.15) is 31.7 Å². The average molecular weight is 432 g/mol. The summed E-state index contributed by atoms with van der Waals surface area (Å²) in [6.45, 7) is 2.01. The van der Waals surface area contributed by atoms with E-state index in [0.29, 0.717) is 29.1 Å². The molecule has 0 aromatic heterocycles. The van der Waals surface area contributed by atoms with Crippen LogP contribution in [0, 0.1) is 10.1 Å². The highest BCUT2D eigenvalue weighted by molar-refractivity contribution is 6.32. The van der Waals surface area contributed by atoms with E-state index >= 15 is 0 Å². The van der Waals surface area contributed by atoms with Gasteiger partial charge in [-0.2, -0.15) is 0 Å². The van der Waals surface area contributed by atoms with Crippen LogP contribution in [0.25, 0.3) is 6.08 Å². The molecule has 2 aromatic rings. The maximum absolute atomic E-state index is 12.2. The highest BCUT2D eigenvalue weighted by Crippen LogP contribution is 2.28. The number of ether oxygens (including phenoxy) is 1. The molecule has 0 radical (unpaired) electrons. The van der Waals surface area contributed by atoms with Gasteiger partial charge in [0.05, 0.1) is 17.7 Å². The Morgan fingerprint density at radius 3 is 2.63 bits per heavy atom. The second-order valence-corrected chi connectivity index (χ2v) is 6.76. The summed E-state index contributed by atoms with van der Waals surface area (Å²) in [5, 5.41) is 16.4. The minimum atomic E-state index is -0.589. The second kappa shape index (κ2) is 11.0. The summed E-state index contributed by atoms with van der Waals surface area (Å²) in [6, 6.07) is 9.12. The van der Waals surface area contributed by atoms with Gasteiger partial charge in [-0.05, 0) is 36.3 Å². The van der Waals surface area contributed by atoms with E-state index in [4.69, 9.17) is 16.3 Å². The van der Waals surface area contributed by atoms with Crippen LogP contribution in [-0.2, 0) is 9.59 Å². The molecule has 0 aliphatic rings. The van der Waals surface area contributed by atoms with Gasteiger partial charge >= 0.3 is 0 Å². The third-order valence-electron chi connectivity index (χ3n) is 4.09. The summed E-state index contributed by atoms with van der Waals surface area (Å²) in [7, 11) is 1.47. The number of carbonyl (C=O) groups excluding carboxylic acids is 2. The number of nitrogens with zero attached hydrogens (tertiary/aromatic N) is 1. The number of anilines is 2. The highest BCUT2D eigenvalue weighted by atomic mass is 35.5. The van der Waals surface area contributed by atoms with Crippen molar-refractivity contribution < 1.29 is 19.2 Å². The molecule has 0 unspecified atom stereocenters. The molecule has 0 atom stereocenters. The fourth-order valence-corrected chi connectivity index (χ4v) is 2.74. The van der Waals surface area contributed by atoms with E-state index < -0.39 is 10.8 Å². The Balaban J connectivity index is 2.06. The Morgan fingerprint density at radius 1 is 1.20 bits per heavy atom. The minimum absolute atomic E-state index is 0.0237. The van der Waals surface area contributed by atoms with E-state index in [1.165, 1.54) is 31.4 Å². The molecule has 2 rings (SSSR count). The molecule has 0 bridgehead atoms. The maximum Gasteiger partial charge on any atom is 0.288 e. The number of methoxy groups -OCH3 is 1. The van der Waals surface area contributed by atoms with Gasteiger partial charge in [-0.25, -0.2) is 0 Å². The zero-order valence-corrected chi connectivity index (χ0v) is 17.4. The van der Waals surface area contributed by atoms with Crippen molar-refractivity contribution in [2.45, 2.75) is 26.2 Å². The summed E-state index contributed by atoms with van der Waals surface area (Å²) < 4.78 is 5.29. The van der Waals surface area contributed by atoms with Crippen molar-refractivity contribution >= 4 is 46.6 Å². The molecule has 9 heteroatoms. The normalized spacial score (nSPS) is 10.6. The Hall–Kier alpha value is -3.39. The lowest BCUT2D eigenvalue weighted by molar-refractivity contribution is -0.384. The van der Waals surface area contributed by atoms with Gasteiger partial charge in [-0.15, -0.1) is 0 Å². The predicted octanol–water partition coefficient (Wildman–Crippen LogP) is 5.04. The maximum atomic E-state index is 12.2. The number of amides is 2. The number of halogens is 1. The van der Waals surface area contributed by atoms with Crippen molar-refractivity contribution in [3.63, 3.8) is 0 Å². The number of hydrogen-bond donors (Lipinski definition) is 2. The quantitative estimate of drug-likeness (QED) is 0.328. The van der Waals surface area contributed by atoms with Gasteiger partial charge in [0, 0.05) is 30.3 Å². The molecular formula is C21H22ClN3O5. The van der Waals surface area contributed by atoms with E-state index in [1.54, 1.807) is 24.3 Å². The number of nitro groups is 1.